The van der Waals surface area contributed by atoms with E-state index in [-0.39, 0.29) is 22.6 Å². The third-order valence-electron chi connectivity index (χ3n) is 3.98. The lowest BCUT2D eigenvalue weighted by Crippen LogP contribution is -2.01. The molecule has 0 saturated carbocycles. The summed E-state index contributed by atoms with van der Waals surface area (Å²) in [5, 5.41) is 36.9. The summed E-state index contributed by atoms with van der Waals surface area (Å²) >= 11 is 0. The van der Waals surface area contributed by atoms with Gasteiger partial charge in [-0.2, -0.15) is 0 Å². The zero-order valence-corrected chi connectivity index (χ0v) is 15.1. The van der Waals surface area contributed by atoms with Crippen molar-refractivity contribution in [3.05, 3.63) is 47.5 Å². The summed E-state index contributed by atoms with van der Waals surface area (Å²) in [6.45, 7) is 0.883. The number of aromatic carboxylic acids is 2. The Bertz CT molecular complexity index is 761. The summed E-state index contributed by atoms with van der Waals surface area (Å²) in [6.07, 6.45) is 3.36. The zero-order chi connectivity index (χ0) is 20.5. The number of benzene rings is 2. The summed E-state index contributed by atoms with van der Waals surface area (Å²) in [5.41, 5.74) is -0.337. The van der Waals surface area contributed by atoms with Crippen LogP contribution in [0, 0.1) is 0 Å². The average Bonchev–Trinajstić information content (AvgIpc) is 2.63. The number of carboxylic acid groups (broad SMARTS) is 2. The minimum absolute atomic E-state index is 0.168. The van der Waals surface area contributed by atoms with E-state index in [0.717, 1.165) is 25.7 Å². The minimum atomic E-state index is -1.20. The predicted molar refractivity (Wildman–Crippen MR) is 99.6 cm³/mol. The van der Waals surface area contributed by atoms with Gasteiger partial charge < -0.3 is 29.9 Å². The van der Waals surface area contributed by atoms with E-state index < -0.39 is 11.9 Å². The van der Waals surface area contributed by atoms with Crippen LogP contribution in [0.15, 0.2) is 36.4 Å². The molecule has 0 aliphatic heterocycles. The summed E-state index contributed by atoms with van der Waals surface area (Å²) in [6, 6.07) is 8.16. The second kappa shape index (κ2) is 10.1. The number of rotatable bonds is 11. The fourth-order valence-electron chi connectivity index (χ4n) is 2.50. The summed E-state index contributed by atoms with van der Waals surface area (Å²) < 4.78 is 11.0. The van der Waals surface area contributed by atoms with Gasteiger partial charge in [0.15, 0.2) is 0 Å². The Balaban J connectivity index is 1.60. The van der Waals surface area contributed by atoms with Crippen LogP contribution in [0.3, 0.4) is 0 Å². The highest BCUT2D eigenvalue weighted by atomic mass is 16.5. The molecule has 2 rings (SSSR count). The van der Waals surface area contributed by atoms with Crippen molar-refractivity contribution in [2.75, 3.05) is 13.2 Å². The van der Waals surface area contributed by atoms with Gasteiger partial charge in [0.05, 0.1) is 13.2 Å². The number of hydrogen-bond donors (Lipinski definition) is 4. The topological polar surface area (TPSA) is 134 Å². The van der Waals surface area contributed by atoms with Crippen LogP contribution in [-0.4, -0.2) is 45.6 Å². The van der Waals surface area contributed by atoms with E-state index in [1.807, 2.05) is 0 Å². The van der Waals surface area contributed by atoms with Crippen LogP contribution in [0.1, 0.15) is 46.4 Å². The molecule has 0 aliphatic carbocycles. The molecule has 0 unspecified atom stereocenters. The van der Waals surface area contributed by atoms with Gasteiger partial charge in [0, 0.05) is 12.1 Å². The van der Waals surface area contributed by atoms with Crippen molar-refractivity contribution in [2.45, 2.75) is 25.7 Å². The maximum absolute atomic E-state index is 10.8. The fraction of sp³-hybridized carbons (Fsp3) is 0.300. The van der Waals surface area contributed by atoms with Crippen LogP contribution >= 0.6 is 0 Å². The first-order valence-electron chi connectivity index (χ1n) is 8.76. The first kappa shape index (κ1) is 20.9. The number of carboxylic acids is 2. The summed E-state index contributed by atoms with van der Waals surface area (Å²) in [5.74, 6) is -2.22. The Kier molecular flexibility index (Phi) is 7.50. The van der Waals surface area contributed by atoms with Crippen molar-refractivity contribution in [1.82, 2.24) is 0 Å². The number of unbranched alkanes of at least 4 members (excludes halogenated alkanes) is 3. The molecule has 8 heteroatoms. The normalized spacial score (nSPS) is 10.4. The van der Waals surface area contributed by atoms with Gasteiger partial charge in [-0.3, -0.25) is 0 Å². The smallest absolute Gasteiger partial charge is 0.339 e. The number of hydrogen-bond acceptors (Lipinski definition) is 6. The van der Waals surface area contributed by atoms with Gasteiger partial charge in [-0.25, -0.2) is 9.59 Å². The third kappa shape index (κ3) is 6.08. The fourth-order valence-corrected chi connectivity index (χ4v) is 2.50. The molecule has 0 spiro atoms. The molecule has 150 valence electrons. The van der Waals surface area contributed by atoms with E-state index >= 15 is 0 Å². The molecule has 0 aromatic heterocycles. The number of phenols is 2. The van der Waals surface area contributed by atoms with Crippen molar-refractivity contribution < 1.29 is 39.5 Å². The number of carbonyl (C=O) groups is 2. The predicted octanol–water partition coefficient (Wildman–Crippen LogP) is 3.51. The van der Waals surface area contributed by atoms with Crippen molar-refractivity contribution in [3.63, 3.8) is 0 Å². The van der Waals surface area contributed by atoms with Crippen LogP contribution in [0.25, 0.3) is 0 Å². The average molecular weight is 390 g/mol. The monoisotopic (exact) mass is 390 g/mol. The van der Waals surface area contributed by atoms with E-state index in [4.69, 9.17) is 19.7 Å². The molecule has 28 heavy (non-hydrogen) atoms. The largest absolute Gasteiger partial charge is 0.507 e. The van der Waals surface area contributed by atoms with Gasteiger partial charge in [-0.1, -0.05) is 0 Å². The van der Waals surface area contributed by atoms with Crippen LogP contribution in [0.5, 0.6) is 23.0 Å². The molecule has 0 aliphatic rings. The molecule has 8 nitrogen and oxygen atoms in total. The van der Waals surface area contributed by atoms with Gasteiger partial charge in [0.1, 0.15) is 34.1 Å². The van der Waals surface area contributed by atoms with Gasteiger partial charge in [0.2, 0.25) is 0 Å². The molecule has 0 atom stereocenters. The molecule has 4 N–H and O–H groups in total. The lowest BCUT2D eigenvalue weighted by Gasteiger charge is -2.09. The highest BCUT2D eigenvalue weighted by Gasteiger charge is 2.11. The van der Waals surface area contributed by atoms with Gasteiger partial charge in [-0.05, 0) is 49.9 Å². The first-order chi connectivity index (χ1) is 13.4. The third-order valence-corrected chi connectivity index (χ3v) is 3.98. The molecule has 2 aromatic rings. The highest BCUT2D eigenvalue weighted by molar-refractivity contribution is 5.91. The molecular formula is C20H22O8. The summed E-state index contributed by atoms with van der Waals surface area (Å²) in [4.78, 5) is 21.6. The Morgan fingerprint density at radius 1 is 0.679 bits per heavy atom. The number of ether oxygens (including phenoxy) is 2. The lowest BCUT2D eigenvalue weighted by molar-refractivity contribution is 0.0682. The molecule has 0 saturated heterocycles. The Labute approximate surface area is 161 Å². The van der Waals surface area contributed by atoms with Gasteiger partial charge in [0.25, 0.3) is 0 Å². The maximum Gasteiger partial charge on any atom is 0.339 e. The molecule has 0 amide bonds. The quantitative estimate of drug-likeness (QED) is 0.428. The van der Waals surface area contributed by atoms with E-state index in [0.29, 0.717) is 24.7 Å². The zero-order valence-electron chi connectivity index (χ0n) is 15.1. The molecule has 0 radical (unpaired) electrons. The van der Waals surface area contributed by atoms with Crippen LogP contribution < -0.4 is 9.47 Å². The molecular weight excluding hydrogens is 368 g/mol. The van der Waals surface area contributed by atoms with Crippen LogP contribution in [0.4, 0.5) is 0 Å². The van der Waals surface area contributed by atoms with E-state index in [1.54, 1.807) is 0 Å². The van der Waals surface area contributed by atoms with Crippen molar-refractivity contribution in [1.29, 1.82) is 0 Å². The Morgan fingerprint density at radius 2 is 1.07 bits per heavy atom. The van der Waals surface area contributed by atoms with E-state index in [2.05, 4.69) is 0 Å². The standard InChI is InChI=1S/C20H22O8/c21-17-11-13(5-7-15(17)19(23)24)27-9-3-1-2-4-10-28-14-6-8-16(20(25)26)18(22)12-14/h5-8,11-12,21-22H,1-4,9-10H2,(H,23,24)(H,25,26). The molecule has 2 aromatic carbocycles. The molecule has 0 heterocycles. The SMILES string of the molecule is O=C(O)c1ccc(OCCCCCCOc2ccc(C(=O)O)c(O)c2)cc1O. The van der Waals surface area contributed by atoms with Crippen LogP contribution in [0.2, 0.25) is 0 Å². The highest BCUT2D eigenvalue weighted by Crippen LogP contribution is 2.25. The minimum Gasteiger partial charge on any atom is -0.507 e. The Morgan fingerprint density at radius 3 is 1.39 bits per heavy atom. The van der Waals surface area contributed by atoms with E-state index in [1.165, 1.54) is 36.4 Å². The second-order valence-electron chi connectivity index (χ2n) is 6.08. The van der Waals surface area contributed by atoms with E-state index in [9.17, 15) is 19.8 Å². The first-order valence-corrected chi connectivity index (χ1v) is 8.76. The van der Waals surface area contributed by atoms with Gasteiger partial charge in [-0.15, -0.1) is 0 Å². The molecule has 0 fully saturated rings. The summed E-state index contributed by atoms with van der Waals surface area (Å²) in [7, 11) is 0. The lowest BCUT2D eigenvalue weighted by atomic mass is 10.2. The van der Waals surface area contributed by atoms with Crippen LogP contribution in [-0.2, 0) is 0 Å². The second-order valence-corrected chi connectivity index (χ2v) is 6.08. The van der Waals surface area contributed by atoms with Crippen molar-refractivity contribution in [3.8, 4) is 23.0 Å². The molecule has 0 bridgehead atoms. The van der Waals surface area contributed by atoms with Crippen molar-refractivity contribution >= 4 is 11.9 Å². The van der Waals surface area contributed by atoms with Gasteiger partial charge >= 0.3 is 11.9 Å². The number of aromatic hydroxyl groups is 2. The Hall–Kier alpha value is -3.42. The maximum atomic E-state index is 10.8. The van der Waals surface area contributed by atoms with Crippen molar-refractivity contribution in [2.24, 2.45) is 0 Å².